The molecule has 9 nitrogen and oxygen atoms in total. The lowest BCUT2D eigenvalue weighted by molar-refractivity contribution is -0.384. The number of methoxy groups -OCH3 is 1. The number of nitrogens with one attached hydrogen (secondary N) is 2. The van der Waals surface area contributed by atoms with Gasteiger partial charge in [-0.05, 0) is 30.3 Å². The van der Waals surface area contributed by atoms with E-state index < -0.39 is 20.6 Å². The number of halogens is 1. The summed E-state index contributed by atoms with van der Waals surface area (Å²) in [6.07, 6.45) is 0. The summed E-state index contributed by atoms with van der Waals surface area (Å²) in [4.78, 5) is 21.0. The van der Waals surface area contributed by atoms with Gasteiger partial charge >= 0.3 is 0 Å². The molecule has 26 heavy (non-hydrogen) atoms. The molecule has 2 N–H and O–H groups in total. The van der Waals surface area contributed by atoms with E-state index in [-0.39, 0.29) is 27.3 Å². The van der Waals surface area contributed by atoms with Crippen LogP contribution in [0, 0.1) is 10.1 Å². The summed E-state index contributed by atoms with van der Waals surface area (Å²) in [7, 11) is -2.82. The Morgan fingerprint density at radius 3 is 2.50 bits per heavy atom. The van der Waals surface area contributed by atoms with Gasteiger partial charge in [0.2, 0.25) is 5.91 Å². The van der Waals surface area contributed by atoms with Crippen molar-refractivity contribution in [2.24, 2.45) is 0 Å². The number of sulfonamides is 1. The Kier molecular flexibility index (Phi) is 5.68. The standard InChI is InChI=1S/C15H14ClN3O6S/c1-9(20)17-10-3-6-15(25-2)13(7-10)18-26(23,24)11-4-5-12(16)14(8-11)19(21)22/h3-8,18H,1-2H3,(H,17,20). The third kappa shape index (κ3) is 4.41. The second-order valence-electron chi connectivity index (χ2n) is 5.07. The summed E-state index contributed by atoms with van der Waals surface area (Å²) in [6, 6.07) is 7.48. The van der Waals surface area contributed by atoms with Gasteiger partial charge in [-0.25, -0.2) is 8.42 Å². The van der Waals surface area contributed by atoms with Crippen LogP contribution < -0.4 is 14.8 Å². The lowest BCUT2D eigenvalue weighted by Crippen LogP contribution is -2.14. The maximum Gasteiger partial charge on any atom is 0.289 e. The predicted octanol–water partition coefficient (Wildman–Crippen LogP) is 3.02. The van der Waals surface area contributed by atoms with Gasteiger partial charge in [-0.3, -0.25) is 19.6 Å². The molecule has 1 amide bonds. The molecule has 0 saturated heterocycles. The Morgan fingerprint density at radius 2 is 1.92 bits per heavy atom. The van der Waals surface area contributed by atoms with Crippen molar-refractivity contribution < 1.29 is 22.9 Å². The van der Waals surface area contributed by atoms with Crippen molar-refractivity contribution in [1.82, 2.24) is 0 Å². The topological polar surface area (TPSA) is 128 Å². The predicted molar refractivity (Wildman–Crippen MR) is 96.2 cm³/mol. The van der Waals surface area contributed by atoms with Crippen molar-refractivity contribution in [3.8, 4) is 5.75 Å². The summed E-state index contributed by atoms with van der Waals surface area (Å²) in [6.45, 7) is 1.31. The molecule has 0 saturated carbocycles. The van der Waals surface area contributed by atoms with E-state index in [2.05, 4.69) is 10.0 Å². The molecule has 2 rings (SSSR count). The van der Waals surface area contributed by atoms with Crippen molar-refractivity contribution in [1.29, 1.82) is 0 Å². The van der Waals surface area contributed by atoms with Gasteiger partial charge in [0, 0.05) is 18.7 Å². The van der Waals surface area contributed by atoms with Crippen molar-refractivity contribution >= 4 is 44.6 Å². The van der Waals surface area contributed by atoms with Crippen LogP contribution in [0.2, 0.25) is 5.02 Å². The minimum Gasteiger partial charge on any atom is -0.495 e. The lowest BCUT2D eigenvalue weighted by Gasteiger charge is -2.13. The number of anilines is 2. The Labute approximate surface area is 154 Å². The van der Waals surface area contributed by atoms with Crippen molar-refractivity contribution in [2.75, 3.05) is 17.1 Å². The van der Waals surface area contributed by atoms with E-state index in [1.165, 1.54) is 32.2 Å². The normalized spacial score (nSPS) is 10.9. The highest BCUT2D eigenvalue weighted by molar-refractivity contribution is 7.92. The number of carbonyl (C=O) groups excluding carboxylic acids is 1. The first kappa shape index (κ1) is 19.5. The summed E-state index contributed by atoms with van der Waals surface area (Å²) in [5.74, 6) is -0.136. The molecule has 138 valence electrons. The van der Waals surface area contributed by atoms with Crippen LogP contribution in [0.4, 0.5) is 17.1 Å². The Balaban J connectivity index is 2.44. The van der Waals surface area contributed by atoms with Gasteiger partial charge in [-0.15, -0.1) is 0 Å². The molecule has 0 aliphatic heterocycles. The SMILES string of the molecule is COc1ccc(NC(C)=O)cc1NS(=O)(=O)c1ccc(Cl)c([N+](=O)[O-])c1. The first-order valence-electron chi connectivity index (χ1n) is 7.06. The molecular weight excluding hydrogens is 386 g/mol. The van der Waals surface area contributed by atoms with Crippen LogP contribution in [0.3, 0.4) is 0 Å². The van der Waals surface area contributed by atoms with Gasteiger partial charge in [0.15, 0.2) is 0 Å². The smallest absolute Gasteiger partial charge is 0.289 e. The zero-order chi connectivity index (χ0) is 19.5. The Morgan fingerprint density at radius 1 is 1.23 bits per heavy atom. The monoisotopic (exact) mass is 399 g/mol. The molecule has 0 unspecified atom stereocenters. The molecular formula is C15H14ClN3O6S. The molecule has 0 spiro atoms. The Hall–Kier alpha value is -2.85. The second-order valence-corrected chi connectivity index (χ2v) is 7.16. The van der Waals surface area contributed by atoms with E-state index in [0.717, 1.165) is 18.2 Å². The fraction of sp³-hybridized carbons (Fsp3) is 0.133. The maximum atomic E-state index is 12.6. The first-order valence-corrected chi connectivity index (χ1v) is 8.92. The largest absolute Gasteiger partial charge is 0.495 e. The Bertz CT molecular complexity index is 977. The fourth-order valence-electron chi connectivity index (χ4n) is 2.07. The number of hydrogen-bond donors (Lipinski definition) is 2. The van der Waals surface area contributed by atoms with Crippen LogP contribution in [-0.2, 0) is 14.8 Å². The molecule has 0 aliphatic rings. The van der Waals surface area contributed by atoms with Gasteiger partial charge in [0.1, 0.15) is 10.8 Å². The van der Waals surface area contributed by atoms with Crippen LogP contribution in [0.5, 0.6) is 5.75 Å². The number of nitrogens with zero attached hydrogens (tertiary/aromatic N) is 1. The van der Waals surface area contributed by atoms with Crippen LogP contribution in [0.25, 0.3) is 0 Å². The van der Waals surface area contributed by atoms with Crippen molar-refractivity contribution in [3.63, 3.8) is 0 Å². The van der Waals surface area contributed by atoms with Gasteiger partial charge in [0.25, 0.3) is 15.7 Å². The van der Waals surface area contributed by atoms with Gasteiger partial charge < -0.3 is 10.1 Å². The number of benzene rings is 2. The number of ether oxygens (including phenoxy) is 1. The lowest BCUT2D eigenvalue weighted by atomic mass is 10.2. The third-order valence-electron chi connectivity index (χ3n) is 3.19. The molecule has 0 atom stereocenters. The first-order chi connectivity index (χ1) is 12.1. The number of hydrogen-bond acceptors (Lipinski definition) is 6. The van der Waals surface area contributed by atoms with Crippen LogP contribution in [0.1, 0.15) is 6.92 Å². The molecule has 2 aromatic rings. The summed E-state index contributed by atoms with van der Waals surface area (Å²) >= 11 is 5.70. The summed E-state index contributed by atoms with van der Waals surface area (Å²) in [5, 5.41) is 13.3. The summed E-state index contributed by atoms with van der Waals surface area (Å²) < 4.78 is 32.5. The molecule has 0 heterocycles. The van der Waals surface area contributed by atoms with Crippen LogP contribution in [0.15, 0.2) is 41.3 Å². The average Bonchev–Trinajstić information content (AvgIpc) is 2.54. The van der Waals surface area contributed by atoms with Crippen LogP contribution >= 0.6 is 11.6 Å². The van der Waals surface area contributed by atoms with Gasteiger partial charge in [-0.2, -0.15) is 0 Å². The number of nitro benzene ring substituents is 1. The van der Waals surface area contributed by atoms with E-state index in [9.17, 15) is 23.3 Å². The van der Waals surface area contributed by atoms with Gasteiger partial charge in [0.05, 0.1) is 22.6 Å². The molecule has 2 aromatic carbocycles. The van der Waals surface area contributed by atoms with E-state index in [1.807, 2.05) is 0 Å². The number of rotatable bonds is 6. The van der Waals surface area contributed by atoms with E-state index >= 15 is 0 Å². The van der Waals surface area contributed by atoms with E-state index in [0.29, 0.717) is 5.69 Å². The highest BCUT2D eigenvalue weighted by atomic mass is 35.5. The molecule has 0 bridgehead atoms. The fourth-order valence-corrected chi connectivity index (χ4v) is 3.34. The molecule has 0 aliphatic carbocycles. The van der Waals surface area contributed by atoms with Gasteiger partial charge in [-0.1, -0.05) is 11.6 Å². The molecule has 11 heteroatoms. The highest BCUT2D eigenvalue weighted by Crippen LogP contribution is 2.32. The third-order valence-corrected chi connectivity index (χ3v) is 4.87. The highest BCUT2D eigenvalue weighted by Gasteiger charge is 2.22. The van der Waals surface area contributed by atoms with Crippen molar-refractivity contribution in [3.05, 3.63) is 51.5 Å². The van der Waals surface area contributed by atoms with E-state index in [4.69, 9.17) is 16.3 Å². The molecule has 0 radical (unpaired) electrons. The zero-order valence-electron chi connectivity index (χ0n) is 13.6. The quantitative estimate of drug-likeness (QED) is 0.567. The van der Waals surface area contributed by atoms with Crippen molar-refractivity contribution in [2.45, 2.75) is 11.8 Å². The molecule has 0 fully saturated rings. The minimum absolute atomic E-state index is 0.0522. The zero-order valence-corrected chi connectivity index (χ0v) is 15.2. The number of carbonyl (C=O) groups is 1. The number of nitro groups is 1. The average molecular weight is 400 g/mol. The van der Waals surface area contributed by atoms with E-state index in [1.54, 1.807) is 0 Å². The minimum atomic E-state index is -4.17. The number of amides is 1. The molecule has 0 aromatic heterocycles. The maximum absolute atomic E-state index is 12.6. The summed E-state index contributed by atoms with van der Waals surface area (Å²) in [5.41, 5.74) is -0.136. The van der Waals surface area contributed by atoms with Crippen LogP contribution in [-0.4, -0.2) is 26.4 Å². The second kappa shape index (κ2) is 7.58.